The summed E-state index contributed by atoms with van der Waals surface area (Å²) in [5.74, 6) is -1.10. The molecule has 2 aromatic carbocycles. The largest absolute Gasteiger partial charge is 0.508 e. The summed E-state index contributed by atoms with van der Waals surface area (Å²) in [7, 11) is 0. The molecule has 0 radical (unpaired) electrons. The van der Waals surface area contributed by atoms with Crippen LogP contribution in [0, 0.1) is 0 Å². The molecule has 0 aliphatic heterocycles. The molecule has 0 saturated heterocycles. The molecule has 0 unspecified atom stereocenters. The number of halogens is 2. The van der Waals surface area contributed by atoms with Crippen LogP contribution in [0.4, 0.5) is 10.5 Å². The Labute approximate surface area is 148 Å². The Kier molecular flexibility index (Phi) is 5.89. The van der Waals surface area contributed by atoms with Gasteiger partial charge in [-0.3, -0.25) is 0 Å². The highest BCUT2D eigenvalue weighted by molar-refractivity contribution is 6.36. The van der Waals surface area contributed by atoms with Crippen LogP contribution >= 0.6 is 23.2 Å². The van der Waals surface area contributed by atoms with Crippen molar-refractivity contribution in [3.05, 3.63) is 58.1 Å². The summed E-state index contributed by atoms with van der Waals surface area (Å²) in [6.07, 6.45) is 0.0668. The molecule has 4 N–H and O–H groups in total. The van der Waals surface area contributed by atoms with Gasteiger partial charge < -0.3 is 20.8 Å². The fourth-order valence-corrected chi connectivity index (χ4v) is 2.43. The third-order valence-corrected chi connectivity index (χ3v) is 3.71. The minimum Gasteiger partial charge on any atom is -0.508 e. The van der Waals surface area contributed by atoms with E-state index in [2.05, 4.69) is 10.6 Å². The number of hydrogen-bond donors (Lipinski definition) is 4. The zero-order chi connectivity index (χ0) is 17.7. The van der Waals surface area contributed by atoms with Gasteiger partial charge >= 0.3 is 12.0 Å². The number of amides is 2. The highest BCUT2D eigenvalue weighted by atomic mass is 35.5. The standard InChI is InChI=1S/C16H14Cl2N2O4/c17-10-3-6-13(12(18)8-10)19-16(24)20-14(15(22)23)7-9-1-4-11(21)5-2-9/h1-6,8,14,21H,7H2,(H,22,23)(H2,19,20,24)/t14-/m1/s1. The number of phenols is 1. The SMILES string of the molecule is O=C(Nc1ccc(Cl)cc1Cl)N[C@H](Cc1ccc(O)cc1)C(=O)O. The van der Waals surface area contributed by atoms with Crippen LogP contribution < -0.4 is 10.6 Å². The quantitative estimate of drug-likeness (QED) is 0.648. The van der Waals surface area contributed by atoms with E-state index in [0.717, 1.165) is 0 Å². The monoisotopic (exact) mass is 368 g/mol. The summed E-state index contributed by atoms with van der Waals surface area (Å²) in [5.41, 5.74) is 0.970. The van der Waals surface area contributed by atoms with Gasteiger partial charge in [0.25, 0.3) is 0 Å². The minimum absolute atomic E-state index is 0.0668. The van der Waals surface area contributed by atoms with Gasteiger partial charge in [0.05, 0.1) is 10.7 Å². The number of aromatic hydroxyl groups is 1. The molecule has 0 aliphatic carbocycles. The van der Waals surface area contributed by atoms with Crippen molar-refractivity contribution in [2.24, 2.45) is 0 Å². The van der Waals surface area contributed by atoms with E-state index in [4.69, 9.17) is 23.2 Å². The van der Waals surface area contributed by atoms with Gasteiger partial charge in [-0.05, 0) is 35.9 Å². The number of rotatable bonds is 5. The van der Waals surface area contributed by atoms with Gasteiger partial charge in [0, 0.05) is 11.4 Å². The molecule has 126 valence electrons. The normalized spacial score (nSPS) is 11.6. The van der Waals surface area contributed by atoms with Crippen molar-refractivity contribution in [1.29, 1.82) is 0 Å². The van der Waals surface area contributed by atoms with E-state index in [1.54, 1.807) is 18.2 Å². The zero-order valence-electron chi connectivity index (χ0n) is 12.3. The lowest BCUT2D eigenvalue weighted by molar-refractivity contribution is -0.139. The predicted octanol–water partition coefficient (Wildman–Crippen LogP) is 3.52. The lowest BCUT2D eigenvalue weighted by Gasteiger charge is -2.16. The van der Waals surface area contributed by atoms with E-state index in [1.807, 2.05) is 0 Å². The van der Waals surface area contributed by atoms with Crippen LogP contribution in [0.25, 0.3) is 0 Å². The van der Waals surface area contributed by atoms with Crippen molar-refractivity contribution < 1.29 is 19.8 Å². The predicted molar refractivity (Wildman–Crippen MR) is 91.9 cm³/mol. The molecule has 0 bridgehead atoms. The number of carboxylic acid groups (broad SMARTS) is 1. The summed E-state index contributed by atoms with van der Waals surface area (Å²) in [4.78, 5) is 23.3. The van der Waals surface area contributed by atoms with Crippen LogP contribution in [0.1, 0.15) is 5.56 Å². The number of aliphatic carboxylic acids is 1. The molecular formula is C16H14Cl2N2O4. The molecule has 0 spiro atoms. The summed E-state index contributed by atoms with van der Waals surface area (Å²) < 4.78 is 0. The molecule has 2 aromatic rings. The number of carbonyl (C=O) groups is 2. The molecule has 0 aromatic heterocycles. The van der Waals surface area contributed by atoms with Crippen LogP contribution in [0.15, 0.2) is 42.5 Å². The van der Waals surface area contributed by atoms with E-state index in [9.17, 15) is 19.8 Å². The van der Waals surface area contributed by atoms with Crippen molar-refractivity contribution >= 4 is 40.9 Å². The van der Waals surface area contributed by atoms with Crippen molar-refractivity contribution in [1.82, 2.24) is 5.32 Å². The second-order valence-electron chi connectivity index (χ2n) is 4.98. The second kappa shape index (κ2) is 7.90. The first-order valence-corrected chi connectivity index (χ1v) is 7.64. The fraction of sp³-hybridized carbons (Fsp3) is 0.125. The van der Waals surface area contributed by atoms with Crippen LogP contribution in [0.5, 0.6) is 5.75 Å². The van der Waals surface area contributed by atoms with Gasteiger partial charge in [0.1, 0.15) is 11.8 Å². The Balaban J connectivity index is 2.02. The summed E-state index contributed by atoms with van der Waals surface area (Å²) in [6, 6.07) is 8.75. The van der Waals surface area contributed by atoms with E-state index in [-0.39, 0.29) is 17.2 Å². The Morgan fingerprint density at radius 2 is 1.75 bits per heavy atom. The zero-order valence-corrected chi connectivity index (χ0v) is 13.8. The van der Waals surface area contributed by atoms with Crippen LogP contribution in [0.2, 0.25) is 10.0 Å². The molecule has 1 atom stereocenters. The molecule has 2 rings (SSSR count). The van der Waals surface area contributed by atoms with Gasteiger partial charge in [-0.1, -0.05) is 35.3 Å². The molecule has 24 heavy (non-hydrogen) atoms. The van der Waals surface area contributed by atoms with Gasteiger partial charge in [-0.25, -0.2) is 9.59 Å². The Morgan fingerprint density at radius 1 is 1.08 bits per heavy atom. The topological polar surface area (TPSA) is 98.7 Å². The van der Waals surface area contributed by atoms with E-state index >= 15 is 0 Å². The second-order valence-corrected chi connectivity index (χ2v) is 5.83. The van der Waals surface area contributed by atoms with E-state index in [0.29, 0.717) is 16.3 Å². The van der Waals surface area contributed by atoms with Crippen molar-refractivity contribution in [2.75, 3.05) is 5.32 Å². The first kappa shape index (κ1) is 17.9. The van der Waals surface area contributed by atoms with Gasteiger partial charge in [-0.15, -0.1) is 0 Å². The average molecular weight is 369 g/mol. The average Bonchev–Trinajstić information content (AvgIpc) is 2.51. The lowest BCUT2D eigenvalue weighted by Crippen LogP contribution is -2.44. The number of nitrogens with one attached hydrogen (secondary N) is 2. The molecule has 8 heteroatoms. The minimum atomic E-state index is -1.18. The smallest absolute Gasteiger partial charge is 0.326 e. The third-order valence-electron chi connectivity index (χ3n) is 3.16. The van der Waals surface area contributed by atoms with Crippen LogP contribution in [-0.4, -0.2) is 28.3 Å². The Morgan fingerprint density at radius 3 is 2.33 bits per heavy atom. The number of carboxylic acids is 1. The molecule has 0 heterocycles. The van der Waals surface area contributed by atoms with Gasteiger partial charge in [0.15, 0.2) is 0 Å². The maximum absolute atomic E-state index is 12.0. The maximum Gasteiger partial charge on any atom is 0.326 e. The molecule has 0 saturated carbocycles. The Bertz CT molecular complexity index is 750. The first-order valence-electron chi connectivity index (χ1n) is 6.88. The van der Waals surface area contributed by atoms with Crippen molar-refractivity contribution in [2.45, 2.75) is 12.5 Å². The third kappa shape index (κ3) is 5.04. The van der Waals surface area contributed by atoms with Gasteiger partial charge in [0.2, 0.25) is 0 Å². The van der Waals surface area contributed by atoms with Gasteiger partial charge in [-0.2, -0.15) is 0 Å². The fourth-order valence-electron chi connectivity index (χ4n) is 1.98. The highest BCUT2D eigenvalue weighted by Crippen LogP contribution is 2.25. The van der Waals surface area contributed by atoms with Crippen molar-refractivity contribution in [3.63, 3.8) is 0 Å². The van der Waals surface area contributed by atoms with Crippen LogP contribution in [0.3, 0.4) is 0 Å². The summed E-state index contributed by atoms with van der Waals surface area (Å²) >= 11 is 11.7. The molecule has 6 nitrogen and oxygen atoms in total. The number of anilines is 1. The first-order chi connectivity index (χ1) is 11.3. The maximum atomic E-state index is 12.0. The number of carbonyl (C=O) groups excluding carboxylic acids is 1. The number of benzene rings is 2. The molecular weight excluding hydrogens is 355 g/mol. The molecule has 0 aliphatic rings. The number of urea groups is 1. The van der Waals surface area contributed by atoms with E-state index in [1.165, 1.54) is 24.3 Å². The Hall–Kier alpha value is -2.44. The van der Waals surface area contributed by atoms with Crippen LogP contribution in [-0.2, 0) is 11.2 Å². The summed E-state index contributed by atoms with van der Waals surface area (Å²) in [6.45, 7) is 0. The number of hydrogen-bond acceptors (Lipinski definition) is 3. The van der Waals surface area contributed by atoms with E-state index < -0.39 is 18.0 Å². The number of phenolic OH excluding ortho intramolecular Hbond substituents is 1. The lowest BCUT2D eigenvalue weighted by atomic mass is 10.1. The van der Waals surface area contributed by atoms with Crippen molar-refractivity contribution in [3.8, 4) is 5.75 Å². The summed E-state index contributed by atoms with van der Waals surface area (Å²) in [5, 5.41) is 24.0. The molecule has 2 amide bonds. The highest BCUT2D eigenvalue weighted by Gasteiger charge is 2.21. The molecule has 0 fully saturated rings.